The van der Waals surface area contributed by atoms with Crippen LogP contribution in [0.3, 0.4) is 0 Å². The summed E-state index contributed by atoms with van der Waals surface area (Å²) >= 11 is 0. The minimum Gasteiger partial charge on any atom is -0.508 e. The number of hydrogen-bond donors (Lipinski definition) is 2. The molecule has 74 valence electrons. The zero-order valence-corrected chi connectivity index (χ0v) is 7.30. The first kappa shape index (κ1) is 8.80. The Morgan fingerprint density at radius 1 is 1.50 bits per heavy atom. The molecule has 1 aliphatic heterocycles. The number of aromatic nitrogens is 1. The molecule has 2 N–H and O–H groups in total. The molecule has 1 atom stereocenters. The third-order valence-corrected chi connectivity index (χ3v) is 2.44. The van der Waals surface area contributed by atoms with E-state index in [-0.39, 0.29) is 11.3 Å². The van der Waals surface area contributed by atoms with E-state index in [1.807, 2.05) is 0 Å². The minimum atomic E-state index is -0.957. The summed E-state index contributed by atoms with van der Waals surface area (Å²) in [6.45, 7) is 0.408. The van der Waals surface area contributed by atoms with Gasteiger partial charge in [0.05, 0.1) is 5.92 Å². The van der Waals surface area contributed by atoms with Crippen molar-refractivity contribution >= 4 is 5.97 Å². The lowest BCUT2D eigenvalue weighted by molar-refractivity contribution is -0.138. The van der Waals surface area contributed by atoms with Crippen molar-refractivity contribution in [3.8, 4) is 5.75 Å². The summed E-state index contributed by atoms with van der Waals surface area (Å²) in [5.41, 5.74) is 0.0475. The number of carboxylic acids is 1. The normalized spacial score (nSPS) is 19.3. The topological polar surface area (TPSA) is 79.5 Å². The molecule has 1 aliphatic rings. The van der Waals surface area contributed by atoms with E-state index in [4.69, 9.17) is 5.11 Å². The molecule has 1 unspecified atom stereocenters. The van der Waals surface area contributed by atoms with Gasteiger partial charge in [-0.05, 0) is 6.42 Å². The van der Waals surface area contributed by atoms with Crippen molar-refractivity contribution in [1.82, 2.24) is 4.57 Å². The van der Waals surface area contributed by atoms with E-state index in [0.717, 1.165) is 6.07 Å². The predicted octanol–water partition coefficient (Wildman–Crippen LogP) is 0.126. The van der Waals surface area contributed by atoms with Crippen LogP contribution in [0.2, 0.25) is 0 Å². The van der Waals surface area contributed by atoms with Crippen LogP contribution >= 0.6 is 0 Å². The minimum absolute atomic E-state index is 0.172. The molecule has 1 aromatic rings. The number of nitrogens with zero attached hydrogens (tertiary/aromatic N) is 1. The fourth-order valence-corrected chi connectivity index (χ4v) is 1.79. The standard InChI is InChI=1S/C9H9NO4/c11-5-3-7-6(9(13)14)1-2-10(7)8(12)4-5/h3-4,6,11H,1-2H2,(H,13,14). The molecule has 2 heterocycles. The average Bonchev–Trinajstić information content (AvgIpc) is 2.47. The highest BCUT2D eigenvalue weighted by molar-refractivity contribution is 5.76. The Bertz CT molecular complexity index is 449. The Morgan fingerprint density at radius 2 is 2.21 bits per heavy atom. The summed E-state index contributed by atoms with van der Waals surface area (Å²) in [6, 6.07) is 2.43. The molecule has 0 fully saturated rings. The van der Waals surface area contributed by atoms with E-state index in [1.54, 1.807) is 0 Å². The number of carbonyl (C=O) groups is 1. The Morgan fingerprint density at radius 3 is 2.86 bits per heavy atom. The number of aliphatic carboxylic acids is 1. The second-order valence-corrected chi connectivity index (χ2v) is 3.31. The smallest absolute Gasteiger partial charge is 0.312 e. The molecule has 1 aromatic heterocycles. The van der Waals surface area contributed by atoms with Gasteiger partial charge < -0.3 is 14.8 Å². The van der Waals surface area contributed by atoms with Crippen molar-refractivity contribution in [2.24, 2.45) is 0 Å². The first-order valence-corrected chi connectivity index (χ1v) is 4.26. The highest BCUT2D eigenvalue weighted by atomic mass is 16.4. The van der Waals surface area contributed by atoms with Crippen molar-refractivity contribution in [3.63, 3.8) is 0 Å². The van der Waals surface area contributed by atoms with Crippen molar-refractivity contribution in [3.05, 3.63) is 28.2 Å². The average molecular weight is 195 g/mol. The molecule has 5 nitrogen and oxygen atoms in total. The van der Waals surface area contributed by atoms with Gasteiger partial charge in [0, 0.05) is 24.4 Å². The summed E-state index contributed by atoms with van der Waals surface area (Å²) < 4.78 is 1.39. The van der Waals surface area contributed by atoms with Crippen LogP contribution in [0.1, 0.15) is 18.0 Å². The molecule has 0 aliphatic carbocycles. The summed E-state index contributed by atoms with van der Waals surface area (Å²) in [5.74, 6) is -1.80. The SMILES string of the molecule is O=C(O)C1CCn2c1cc(O)cc2=O. The largest absolute Gasteiger partial charge is 0.508 e. The Kier molecular flexibility index (Phi) is 1.80. The Hall–Kier alpha value is -1.78. The predicted molar refractivity (Wildman–Crippen MR) is 47.4 cm³/mol. The maximum absolute atomic E-state index is 11.3. The highest BCUT2D eigenvalue weighted by Gasteiger charge is 2.29. The molecule has 0 saturated carbocycles. The van der Waals surface area contributed by atoms with Crippen LogP contribution in [-0.2, 0) is 11.3 Å². The fraction of sp³-hybridized carbons (Fsp3) is 0.333. The van der Waals surface area contributed by atoms with Crippen LogP contribution in [0, 0.1) is 0 Å². The summed E-state index contributed by atoms with van der Waals surface area (Å²) in [6.07, 6.45) is 0.411. The monoisotopic (exact) mass is 195 g/mol. The maximum atomic E-state index is 11.3. The molecular formula is C9H9NO4. The van der Waals surface area contributed by atoms with E-state index in [2.05, 4.69) is 0 Å². The van der Waals surface area contributed by atoms with Crippen molar-refractivity contribution in [2.75, 3.05) is 0 Å². The van der Waals surface area contributed by atoms with E-state index in [1.165, 1.54) is 10.6 Å². The number of aromatic hydroxyl groups is 1. The number of rotatable bonds is 1. The first-order chi connectivity index (χ1) is 6.59. The molecule has 14 heavy (non-hydrogen) atoms. The van der Waals surface area contributed by atoms with Gasteiger partial charge in [-0.25, -0.2) is 0 Å². The second kappa shape index (κ2) is 2.87. The number of pyridine rings is 1. The number of carboxylic acid groups (broad SMARTS) is 1. The van der Waals surface area contributed by atoms with Gasteiger partial charge in [0.1, 0.15) is 5.75 Å². The summed E-state index contributed by atoms with van der Waals surface area (Å²) in [5, 5.41) is 18.0. The highest BCUT2D eigenvalue weighted by Crippen LogP contribution is 2.28. The molecule has 0 saturated heterocycles. The molecular weight excluding hydrogens is 186 g/mol. The van der Waals surface area contributed by atoms with Gasteiger partial charge in [0.2, 0.25) is 0 Å². The quantitative estimate of drug-likeness (QED) is 0.667. The molecule has 0 radical (unpaired) electrons. The molecule has 0 bridgehead atoms. The van der Waals surface area contributed by atoms with Crippen molar-refractivity contribution in [1.29, 1.82) is 0 Å². The summed E-state index contributed by atoms with van der Waals surface area (Å²) in [4.78, 5) is 22.1. The third kappa shape index (κ3) is 1.17. The lowest BCUT2D eigenvalue weighted by atomic mass is 10.1. The van der Waals surface area contributed by atoms with Crippen LogP contribution < -0.4 is 5.56 Å². The maximum Gasteiger partial charge on any atom is 0.312 e. The van der Waals surface area contributed by atoms with Crippen molar-refractivity contribution < 1.29 is 15.0 Å². The van der Waals surface area contributed by atoms with Gasteiger partial charge in [0.15, 0.2) is 0 Å². The first-order valence-electron chi connectivity index (χ1n) is 4.26. The second-order valence-electron chi connectivity index (χ2n) is 3.31. The van der Waals surface area contributed by atoms with E-state index < -0.39 is 11.9 Å². The molecule has 5 heteroatoms. The number of hydrogen-bond acceptors (Lipinski definition) is 3. The van der Waals surface area contributed by atoms with E-state index in [0.29, 0.717) is 18.7 Å². The third-order valence-electron chi connectivity index (χ3n) is 2.44. The van der Waals surface area contributed by atoms with Gasteiger partial charge in [-0.15, -0.1) is 0 Å². The summed E-state index contributed by atoms with van der Waals surface area (Å²) in [7, 11) is 0. The zero-order valence-electron chi connectivity index (χ0n) is 7.30. The van der Waals surface area contributed by atoms with E-state index >= 15 is 0 Å². The van der Waals surface area contributed by atoms with Gasteiger partial charge in [-0.3, -0.25) is 9.59 Å². The molecule has 0 spiro atoms. The zero-order chi connectivity index (χ0) is 10.3. The number of fused-ring (bicyclic) bond motifs is 1. The van der Waals surface area contributed by atoms with Crippen molar-refractivity contribution in [2.45, 2.75) is 18.9 Å². The van der Waals surface area contributed by atoms with Gasteiger partial charge in [-0.2, -0.15) is 0 Å². The fourth-order valence-electron chi connectivity index (χ4n) is 1.79. The van der Waals surface area contributed by atoms with Crippen LogP contribution in [-0.4, -0.2) is 20.7 Å². The molecule has 2 rings (SSSR count). The molecule has 0 aromatic carbocycles. The van der Waals surface area contributed by atoms with Gasteiger partial charge in [0.25, 0.3) is 5.56 Å². The van der Waals surface area contributed by atoms with E-state index in [9.17, 15) is 14.7 Å². The van der Waals surface area contributed by atoms with Crippen LogP contribution in [0.15, 0.2) is 16.9 Å². The Balaban J connectivity index is 2.60. The lowest BCUT2D eigenvalue weighted by Gasteiger charge is -2.05. The van der Waals surface area contributed by atoms with Crippen LogP contribution in [0.25, 0.3) is 0 Å². The van der Waals surface area contributed by atoms with Crippen LogP contribution in [0.4, 0.5) is 0 Å². The van der Waals surface area contributed by atoms with Gasteiger partial charge >= 0.3 is 5.97 Å². The van der Waals surface area contributed by atoms with Gasteiger partial charge in [-0.1, -0.05) is 0 Å². The molecule has 0 amide bonds. The van der Waals surface area contributed by atoms with Crippen LogP contribution in [0.5, 0.6) is 5.75 Å². The lowest BCUT2D eigenvalue weighted by Crippen LogP contribution is -2.19. The Labute approximate surface area is 79.2 Å².